The van der Waals surface area contributed by atoms with Gasteiger partial charge in [0.1, 0.15) is 0 Å². The molecule has 1 rings (SSSR count). The van der Waals surface area contributed by atoms with Gasteiger partial charge in [0, 0.05) is 10.7 Å². The van der Waals surface area contributed by atoms with Crippen LogP contribution in [0.15, 0.2) is 24.3 Å². The highest BCUT2D eigenvalue weighted by molar-refractivity contribution is 7.92. The van der Waals surface area contributed by atoms with E-state index in [0.29, 0.717) is 10.7 Å². The van der Waals surface area contributed by atoms with E-state index < -0.39 is 28.2 Å². The Bertz CT molecular complexity index is 469. The van der Waals surface area contributed by atoms with E-state index in [1.807, 2.05) is 0 Å². The smallest absolute Gasteiger partial charge is 0.304 e. The number of rotatable bonds is 5. The van der Waals surface area contributed by atoms with Crippen molar-refractivity contribution in [2.24, 2.45) is 0 Å². The fraction of sp³-hybridized carbons (Fsp3) is 0.222. The molecule has 0 aliphatic carbocycles. The molecule has 0 saturated heterocycles. The van der Waals surface area contributed by atoms with Gasteiger partial charge in [0.2, 0.25) is 10.0 Å². The zero-order chi connectivity index (χ0) is 12.2. The van der Waals surface area contributed by atoms with Crippen molar-refractivity contribution >= 4 is 33.3 Å². The second-order valence-corrected chi connectivity index (χ2v) is 5.35. The van der Waals surface area contributed by atoms with Crippen molar-refractivity contribution in [1.29, 1.82) is 0 Å². The Labute approximate surface area is 98.1 Å². The Kier molecular flexibility index (Phi) is 4.14. The predicted molar refractivity (Wildman–Crippen MR) is 61.1 cm³/mol. The molecule has 0 radical (unpaired) electrons. The van der Waals surface area contributed by atoms with Crippen molar-refractivity contribution in [3.63, 3.8) is 0 Å². The van der Waals surface area contributed by atoms with E-state index >= 15 is 0 Å². The number of carboxylic acid groups (broad SMARTS) is 1. The Morgan fingerprint density at radius 1 is 1.31 bits per heavy atom. The lowest BCUT2D eigenvalue weighted by molar-refractivity contribution is -0.136. The first-order valence-electron chi connectivity index (χ1n) is 4.37. The van der Waals surface area contributed by atoms with E-state index in [1.165, 1.54) is 24.3 Å². The summed E-state index contributed by atoms with van der Waals surface area (Å²) in [5.41, 5.74) is 0.356. The molecule has 5 nitrogen and oxygen atoms in total. The molecule has 0 atom stereocenters. The maximum atomic E-state index is 11.4. The highest BCUT2D eigenvalue weighted by Gasteiger charge is 2.12. The molecular weight excluding hydrogens is 254 g/mol. The van der Waals surface area contributed by atoms with Gasteiger partial charge in [-0.1, -0.05) is 11.6 Å². The van der Waals surface area contributed by atoms with Crippen LogP contribution < -0.4 is 4.72 Å². The van der Waals surface area contributed by atoms with Crippen LogP contribution in [0.2, 0.25) is 5.02 Å². The lowest BCUT2D eigenvalue weighted by Crippen LogP contribution is -2.18. The van der Waals surface area contributed by atoms with Crippen LogP contribution in [0.25, 0.3) is 0 Å². The standard InChI is InChI=1S/C9H10ClNO4S/c10-7-1-3-8(4-2-7)11-16(14,15)6-5-9(12)13/h1-4,11H,5-6H2,(H,12,13). The lowest BCUT2D eigenvalue weighted by atomic mass is 10.3. The minimum absolute atomic E-state index is 0.356. The third-order valence-corrected chi connectivity index (χ3v) is 3.24. The number of carboxylic acids is 1. The summed E-state index contributed by atoms with van der Waals surface area (Å²) in [4.78, 5) is 10.2. The number of halogens is 1. The van der Waals surface area contributed by atoms with Crippen LogP contribution in [0.4, 0.5) is 5.69 Å². The normalized spacial score (nSPS) is 11.1. The van der Waals surface area contributed by atoms with Crippen LogP contribution >= 0.6 is 11.6 Å². The van der Waals surface area contributed by atoms with Gasteiger partial charge >= 0.3 is 5.97 Å². The number of anilines is 1. The van der Waals surface area contributed by atoms with Gasteiger partial charge in [-0.15, -0.1) is 0 Å². The van der Waals surface area contributed by atoms with Crippen molar-refractivity contribution in [3.8, 4) is 0 Å². The number of nitrogens with one attached hydrogen (secondary N) is 1. The number of hydrogen-bond acceptors (Lipinski definition) is 3. The van der Waals surface area contributed by atoms with Crippen LogP contribution in [0, 0.1) is 0 Å². The summed E-state index contributed by atoms with van der Waals surface area (Å²) in [5.74, 6) is -1.60. The van der Waals surface area contributed by atoms with Crippen LogP contribution in [-0.2, 0) is 14.8 Å². The number of aliphatic carboxylic acids is 1. The molecule has 0 amide bonds. The van der Waals surface area contributed by atoms with Crippen molar-refractivity contribution < 1.29 is 18.3 Å². The van der Waals surface area contributed by atoms with Crippen molar-refractivity contribution in [2.75, 3.05) is 10.5 Å². The molecule has 1 aromatic carbocycles. The highest BCUT2D eigenvalue weighted by Crippen LogP contribution is 2.14. The number of hydrogen-bond donors (Lipinski definition) is 2. The van der Waals surface area contributed by atoms with E-state index in [-0.39, 0.29) is 0 Å². The van der Waals surface area contributed by atoms with Crippen molar-refractivity contribution in [1.82, 2.24) is 0 Å². The first-order valence-corrected chi connectivity index (χ1v) is 6.40. The highest BCUT2D eigenvalue weighted by atomic mass is 35.5. The average molecular weight is 264 g/mol. The molecule has 0 aromatic heterocycles. The predicted octanol–water partition coefficient (Wildman–Crippen LogP) is 1.56. The van der Waals surface area contributed by atoms with Gasteiger partial charge in [-0.05, 0) is 24.3 Å². The molecule has 2 N–H and O–H groups in total. The molecule has 88 valence electrons. The Morgan fingerprint density at radius 2 is 1.88 bits per heavy atom. The third kappa shape index (κ3) is 4.50. The molecule has 0 heterocycles. The zero-order valence-corrected chi connectivity index (χ0v) is 9.75. The topological polar surface area (TPSA) is 83.5 Å². The van der Waals surface area contributed by atoms with Gasteiger partial charge in [0.15, 0.2) is 0 Å². The molecule has 16 heavy (non-hydrogen) atoms. The summed E-state index contributed by atoms with van der Waals surface area (Å²) in [6.07, 6.45) is -0.428. The molecule has 0 fully saturated rings. The largest absolute Gasteiger partial charge is 0.481 e. The number of carbonyl (C=O) groups is 1. The van der Waals surface area contributed by atoms with E-state index in [0.717, 1.165) is 0 Å². The van der Waals surface area contributed by atoms with Crippen LogP contribution in [0.3, 0.4) is 0 Å². The number of benzene rings is 1. The third-order valence-electron chi connectivity index (χ3n) is 1.70. The fourth-order valence-electron chi connectivity index (χ4n) is 0.970. The quantitative estimate of drug-likeness (QED) is 0.844. The Balaban J connectivity index is 2.65. The Morgan fingerprint density at radius 3 is 2.38 bits per heavy atom. The minimum Gasteiger partial charge on any atom is -0.481 e. The molecule has 0 spiro atoms. The SMILES string of the molecule is O=C(O)CCS(=O)(=O)Nc1ccc(Cl)cc1. The fourth-order valence-corrected chi connectivity index (χ4v) is 2.14. The van der Waals surface area contributed by atoms with Crippen molar-refractivity contribution in [2.45, 2.75) is 6.42 Å². The second-order valence-electron chi connectivity index (χ2n) is 3.07. The van der Waals surface area contributed by atoms with Gasteiger partial charge in [-0.3, -0.25) is 9.52 Å². The Hall–Kier alpha value is -1.27. The van der Waals surface area contributed by atoms with E-state index in [1.54, 1.807) is 0 Å². The molecule has 0 saturated carbocycles. The second kappa shape index (κ2) is 5.18. The van der Waals surface area contributed by atoms with Gasteiger partial charge in [-0.2, -0.15) is 0 Å². The van der Waals surface area contributed by atoms with Gasteiger partial charge in [-0.25, -0.2) is 8.42 Å². The maximum Gasteiger partial charge on any atom is 0.304 e. The summed E-state index contributed by atoms with van der Waals surface area (Å²) in [6.45, 7) is 0. The maximum absolute atomic E-state index is 11.4. The van der Waals surface area contributed by atoms with Crippen LogP contribution in [-0.4, -0.2) is 25.2 Å². The molecule has 0 aliphatic heterocycles. The lowest BCUT2D eigenvalue weighted by Gasteiger charge is -2.06. The van der Waals surface area contributed by atoms with Gasteiger partial charge in [0.25, 0.3) is 0 Å². The number of sulfonamides is 1. The van der Waals surface area contributed by atoms with Gasteiger partial charge < -0.3 is 5.11 Å². The molecule has 7 heteroatoms. The molecule has 0 aliphatic rings. The molecule has 0 bridgehead atoms. The van der Waals surface area contributed by atoms with Gasteiger partial charge in [0.05, 0.1) is 12.2 Å². The minimum atomic E-state index is -3.62. The molecular formula is C9H10ClNO4S. The van der Waals surface area contributed by atoms with E-state index in [4.69, 9.17) is 16.7 Å². The van der Waals surface area contributed by atoms with Crippen LogP contribution in [0.5, 0.6) is 0 Å². The molecule has 1 aromatic rings. The summed E-state index contributed by atoms with van der Waals surface area (Å²) in [7, 11) is -3.62. The summed E-state index contributed by atoms with van der Waals surface area (Å²) >= 11 is 5.63. The monoisotopic (exact) mass is 263 g/mol. The van der Waals surface area contributed by atoms with E-state index in [9.17, 15) is 13.2 Å². The summed E-state index contributed by atoms with van der Waals surface area (Å²) in [6, 6.07) is 6.08. The van der Waals surface area contributed by atoms with Crippen molar-refractivity contribution in [3.05, 3.63) is 29.3 Å². The average Bonchev–Trinajstić information content (AvgIpc) is 2.19. The van der Waals surface area contributed by atoms with Crippen LogP contribution in [0.1, 0.15) is 6.42 Å². The zero-order valence-electron chi connectivity index (χ0n) is 8.18. The van der Waals surface area contributed by atoms with E-state index in [2.05, 4.69) is 4.72 Å². The first kappa shape index (κ1) is 12.8. The molecule has 0 unspecified atom stereocenters. The first-order chi connectivity index (χ1) is 7.39. The summed E-state index contributed by atoms with van der Waals surface area (Å²) < 4.78 is 25.0. The summed E-state index contributed by atoms with van der Waals surface area (Å²) in [5, 5.41) is 8.86.